The van der Waals surface area contributed by atoms with E-state index in [2.05, 4.69) is 15.6 Å². The van der Waals surface area contributed by atoms with E-state index in [0.717, 1.165) is 24.9 Å². The van der Waals surface area contributed by atoms with Crippen molar-refractivity contribution < 1.29 is 9.53 Å². The molecule has 7 nitrogen and oxygen atoms in total. The number of hydrogen-bond donors (Lipinski definition) is 1. The Morgan fingerprint density at radius 3 is 3.12 bits per heavy atom. The molecule has 1 saturated heterocycles. The number of piperidine rings is 1. The number of hydrogen-bond acceptors (Lipinski definition) is 4. The highest BCUT2D eigenvalue weighted by atomic mass is 35.5. The first-order chi connectivity index (χ1) is 11.7. The van der Waals surface area contributed by atoms with Gasteiger partial charge in [0, 0.05) is 25.8 Å². The first-order valence-electron chi connectivity index (χ1n) is 7.88. The fourth-order valence-electron chi connectivity index (χ4n) is 2.87. The van der Waals surface area contributed by atoms with Gasteiger partial charge in [-0.2, -0.15) is 0 Å². The number of urea groups is 1. The van der Waals surface area contributed by atoms with E-state index in [1.54, 1.807) is 19.4 Å². The number of methoxy groups -OCH3 is 1. The Morgan fingerprint density at radius 2 is 2.38 bits per heavy atom. The second-order valence-electron chi connectivity index (χ2n) is 5.75. The number of carbonyl (C=O) groups is 1. The Labute approximate surface area is 145 Å². The molecule has 0 unspecified atom stereocenters. The highest BCUT2D eigenvalue weighted by Crippen LogP contribution is 2.25. The predicted octanol–water partition coefficient (Wildman–Crippen LogP) is 2.49. The Hall–Kier alpha value is -2.28. The van der Waals surface area contributed by atoms with Crippen LogP contribution in [0.5, 0.6) is 5.75 Å². The summed E-state index contributed by atoms with van der Waals surface area (Å²) < 4.78 is 7.02. The average Bonchev–Trinajstić information content (AvgIpc) is 3.15. The van der Waals surface area contributed by atoms with E-state index in [9.17, 15) is 4.79 Å². The number of rotatable bonds is 4. The second-order valence-corrected chi connectivity index (χ2v) is 6.16. The summed E-state index contributed by atoms with van der Waals surface area (Å²) >= 11 is 6.01. The first kappa shape index (κ1) is 16.6. The molecule has 1 N–H and O–H groups in total. The van der Waals surface area contributed by atoms with Crippen molar-refractivity contribution in [3.63, 3.8) is 0 Å². The number of amides is 2. The van der Waals surface area contributed by atoms with Crippen LogP contribution in [0.4, 0.5) is 4.79 Å². The van der Waals surface area contributed by atoms with Crippen molar-refractivity contribution in [2.75, 3.05) is 20.2 Å². The van der Waals surface area contributed by atoms with Crippen LogP contribution < -0.4 is 10.1 Å². The van der Waals surface area contributed by atoms with E-state index in [1.165, 1.54) is 0 Å². The van der Waals surface area contributed by atoms with Gasteiger partial charge in [0.05, 0.1) is 24.4 Å². The van der Waals surface area contributed by atoms with Crippen LogP contribution in [0.3, 0.4) is 0 Å². The van der Waals surface area contributed by atoms with Gasteiger partial charge in [0.15, 0.2) is 0 Å². The molecule has 0 bridgehead atoms. The van der Waals surface area contributed by atoms with E-state index in [4.69, 9.17) is 16.3 Å². The van der Waals surface area contributed by atoms with Gasteiger partial charge in [-0.3, -0.25) is 0 Å². The molecule has 0 aliphatic carbocycles. The number of nitrogens with one attached hydrogen (secondary N) is 1. The maximum Gasteiger partial charge on any atom is 0.317 e. The molecule has 1 aromatic carbocycles. The molecule has 1 aromatic heterocycles. The molecule has 24 heavy (non-hydrogen) atoms. The molecule has 2 heterocycles. The highest BCUT2D eigenvalue weighted by Gasteiger charge is 2.25. The minimum absolute atomic E-state index is 0.0752. The lowest BCUT2D eigenvalue weighted by Gasteiger charge is -2.32. The molecule has 0 radical (unpaired) electrons. The molecule has 8 heteroatoms. The molecule has 1 aliphatic heterocycles. The van der Waals surface area contributed by atoms with Gasteiger partial charge in [0.1, 0.15) is 5.75 Å². The van der Waals surface area contributed by atoms with Gasteiger partial charge in [0.25, 0.3) is 0 Å². The maximum absolute atomic E-state index is 12.4. The number of aromatic nitrogens is 3. The van der Waals surface area contributed by atoms with Crippen LogP contribution in [-0.4, -0.2) is 46.1 Å². The van der Waals surface area contributed by atoms with Crippen LogP contribution in [0.15, 0.2) is 30.6 Å². The lowest BCUT2D eigenvalue weighted by atomic mass is 10.1. The van der Waals surface area contributed by atoms with E-state index in [-0.39, 0.29) is 12.1 Å². The Kier molecular flexibility index (Phi) is 5.20. The fourth-order valence-corrected chi connectivity index (χ4v) is 3.07. The van der Waals surface area contributed by atoms with Crippen LogP contribution in [0, 0.1) is 0 Å². The number of likely N-dealkylation sites (tertiary alicyclic amines) is 1. The van der Waals surface area contributed by atoms with E-state index < -0.39 is 0 Å². The van der Waals surface area contributed by atoms with Crippen molar-refractivity contribution in [2.24, 2.45) is 0 Å². The van der Waals surface area contributed by atoms with Crippen LogP contribution in [0.1, 0.15) is 24.4 Å². The van der Waals surface area contributed by atoms with Gasteiger partial charge < -0.3 is 15.0 Å². The zero-order valence-electron chi connectivity index (χ0n) is 13.5. The quantitative estimate of drug-likeness (QED) is 0.920. The van der Waals surface area contributed by atoms with E-state index >= 15 is 0 Å². The van der Waals surface area contributed by atoms with Gasteiger partial charge >= 0.3 is 6.03 Å². The van der Waals surface area contributed by atoms with E-state index in [1.807, 2.05) is 27.9 Å². The molecular weight excluding hydrogens is 330 g/mol. The summed E-state index contributed by atoms with van der Waals surface area (Å²) in [4.78, 5) is 14.2. The normalized spacial score (nSPS) is 17.6. The second kappa shape index (κ2) is 7.53. The van der Waals surface area contributed by atoms with Crippen molar-refractivity contribution in [1.29, 1.82) is 0 Å². The van der Waals surface area contributed by atoms with Crippen molar-refractivity contribution in [2.45, 2.75) is 25.4 Å². The number of carbonyl (C=O) groups excluding carboxylic acids is 1. The molecule has 1 fully saturated rings. The maximum atomic E-state index is 12.4. The van der Waals surface area contributed by atoms with Crippen LogP contribution in [-0.2, 0) is 6.54 Å². The van der Waals surface area contributed by atoms with Crippen LogP contribution >= 0.6 is 11.6 Å². The summed E-state index contributed by atoms with van der Waals surface area (Å²) in [7, 11) is 1.57. The lowest BCUT2D eigenvalue weighted by Crippen LogP contribution is -2.45. The van der Waals surface area contributed by atoms with Gasteiger partial charge in [-0.05, 0) is 30.5 Å². The Balaban J connectivity index is 1.56. The summed E-state index contributed by atoms with van der Waals surface area (Å²) in [5.74, 6) is 0.604. The van der Waals surface area contributed by atoms with Crippen molar-refractivity contribution >= 4 is 17.6 Å². The van der Waals surface area contributed by atoms with Crippen LogP contribution in [0.25, 0.3) is 0 Å². The van der Waals surface area contributed by atoms with Crippen molar-refractivity contribution in [3.8, 4) is 5.75 Å². The molecule has 0 saturated carbocycles. The minimum Gasteiger partial charge on any atom is -0.495 e. The lowest BCUT2D eigenvalue weighted by molar-refractivity contribution is 0.162. The third kappa shape index (κ3) is 3.79. The Bertz CT molecular complexity index is 692. The molecule has 3 rings (SSSR count). The highest BCUT2D eigenvalue weighted by molar-refractivity contribution is 6.32. The molecule has 2 amide bonds. The summed E-state index contributed by atoms with van der Waals surface area (Å²) in [6.45, 7) is 1.82. The Morgan fingerprint density at radius 1 is 1.50 bits per heavy atom. The van der Waals surface area contributed by atoms with Gasteiger partial charge in [-0.1, -0.05) is 22.9 Å². The molecular formula is C16H20ClN5O2. The minimum atomic E-state index is -0.0752. The molecule has 1 atom stereocenters. The van der Waals surface area contributed by atoms with Crippen LogP contribution in [0.2, 0.25) is 5.02 Å². The van der Waals surface area contributed by atoms with Gasteiger partial charge in [0.2, 0.25) is 0 Å². The third-order valence-corrected chi connectivity index (χ3v) is 4.47. The van der Waals surface area contributed by atoms with Crippen molar-refractivity contribution in [3.05, 3.63) is 41.2 Å². The smallest absolute Gasteiger partial charge is 0.317 e. The van der Waals surface area contributed by atoms with E-state index in [0.29, 0.717) is 23.9 Å². The molecule has 128 valence electrons. The number of halogens is 1. The molecule has 1 aliphatic rings. The van der Waals surface area contributed by atoms with Crippen molar-refractivity contribution in [1.82, 2.24) is 25.2 Å². The monoisotopic (exact) mass is 349 g/mol. The summed E-state index contributed by atoms with van der Waals surface area (Å²) in [5, 5.41) is 11.4. The molecule has 0 spiro atoms. The van der Waals surface area contributed by atoms with Gasteiger partial charge in [-0.25, -0.2) is 9.48 Å². The third-order valence-electron chi connectivity index (χ3n) is 4.16. The zero-order chi connectivity index (χ0) is 16.9. The molecule has 2 aromatic rings. The average molecular weight is 350 g/mol. The van der Waals surface area contributed by atoms with Gasteiger partial charge in [-0.15, -0.1) is 5.10 Å². The summed E-state index contributed by atoms with van der Waals surface area (Å²) in [6.07, 6.45) is 5.45. The topological polar surface area (TPSA) is 72.3 Å². The SMILES string of the molecule is COc1cc(CNC(=O)N2CCC[C@@H](n3ccnn3)C2)ccc1Cl. The summed E-state index contributed by atoms with van der Waals surface area (Å²) in [5.41, 5.74) is 0.939. The first-order valence-corrected chi connectivity index (χ1v) is 8.26. The standard InChI is InChI=1S/C16H20ClN5O2/c1-24-15-9-12(4-5-14(15)17)10-18-16(23)21-7-2-3-13(11-21)22-8-6-19-20-22/h4-6,8-9,13H,2-3,7,10-11H2,1H3,(H,18,23)/t13-/m1/s1. The predicted molar refractivity (Wildman–Crippen MR) is 90.1 cm³/mol. The zero-order valence-corrected chi connectivity index (χ0v) is 14.2. The number of benzene rings is 1. The summed E-state index contributed by atoms with van der Waals surface area (Å²) in [6, 6.07) is 5.58. The fraction of sp³-hybridized carbons (Fsp3) is 0.438. The largest absolute Gasteiger partial charge is 0.495 e. The number of ether oxygens (including phenoxy) is 1. The number of nitrogens with zero attached hydrogens (tertiary/aromatic N) is 4.